The van der Waals surface area contributed by atoms with E-state index in [0.717, 1.165) is 5.92 Å². The molecular weight excluding hydrogens is 395 g/mol. The second-order valence-electron chi connectivity index (χ2n) is 7.92. The Bertz CT molecular complexity index is 783. The van der Waals surface area contributed by atoms with Crippen molar-refractivity contribution in [3.63, 3.8) is 0 Å². The standard InChI is InChI=1S/C22H26ClO4P/c1-15-12-16(8-10-19(15)17-6-4-2-3-5-7-17)14-25-18-9-11-20-21(13-18)26-28(23)27-22(20)24/h8-13,15,17,19H,2-7,14H2,1H3. The predicted octanol–water partition coefficient (Wildman–Crippen LogP) is 6.80. The van der Waals surface area contributed by atoms with Gasteiger partial charge in [0.1, 0.15) is 23.7 Å². The van der Waals surface area contributed by atoms with E-state index >= 15 is 0 Å². The topological polar surface area (TPSA) is 44.8 Å². The van der Waals surface area contributed by atoms with Crippen LogP contribution in [0.1, 0.15) is 55.8 Å². The zero-order valence-corrected chi connectivity index (χ0v) is 17.8. The molecule has 3 aliphatic rings. The van der Waals surface area contributed by atoms with Crippen molar-refractivity contribution >= 4 is 24.9 Å². The molecule has 0 amide bonds. The maximum absolute atomic E-state index is 11.8. The van der Waals surface area contributed by atoms with E-state index in [1.807, 2.05) is 0 Å². The lowest BCUT2D eigenvalue weighted by molar-refractivity contribution is 0.0728. The van der Waals surface area contributed by atoms with Crippen LogP contribution < -0.4 is 9.26 Å². The second-order valence-corrected chi connectivity index (χ2v) is 9.54. The second kappa shape index (κ2) is 8.88. The molecule has 1 fully saturated rings. The minimum absolute atomic E-state index is 0.378. The van der Waals surface area contributed by atoms with Crippen molar-refractivity contribution in [3.05, 3.63) is 47.6 Å². The molecule has 1 heterocycles. The molecule has 1 saturated carbocycles. The summed E-state index contributed by atoms with van der Waals surface area (Å²) in [6.07, 6.45) is 15.2. The molecule has 1 aromatic carbocycles. The first-order chi connectivity index (χ1) is 13.6. The first-order valence-corrected chi connectivity index (χ1v) is 12.2. The summed E-state index contributed by atoms with van der Waals surface area (Å²) in [4.78, 5) is 11.8. The van der Waals surface area contributed by atoms with E-state index in [4.69, 9.17) is 25.0 Å². The van der Waals surface area contributed by atoms with E-state index in [-0.39, 0.29) is 0 Å². The number of halogens is 1. The maximum Gasteiger partial charge on any atom is 0.403 e. The molecular formula is C22H26ClO4P. The minimum Gasteiger partial charge on any atom is -0.489 e. The lowest BCUT2D eigenvalue weighted by atomic mass is 9.75. The molecule has 1 aliphatic heterocycles. The SMILES string of the molecule is CC1C=C(COc2ccc3c(c2)OP(Cl)OC3=O)C=CC1C1CCCCCC1. The summed E-state index contributed by atoms with van der Waals surface area (Å²) in [6.45, 7) is 2.82. The van der Waals surface area contributed by atoms with E-state index in [1.165, 1.54) is 44.1 Å². The van der Waals surface area contributed by atoms with Gasteiger partial charge >= 0.3 is 13.7 Å². The van der Waals surface area contributed by atoms with Gasteiger partial charge in [-0.3, -0.25) is 0 Å². The van der Waals surface area contributed by atoms with Crippen LogP contribution in [0.2, 0.25) is 0 Å². The summed E-state index contributed by atoms with van der Waals surface area (Å²) >= 11 is 5.83. The molecule has 0 radical (unpaired) electrons. The van der Waals surface area contributed by atoms with Gasteiger partial charge in [-0.1, -0.05) is 50.8 Å². The van der Waals surface area contributed by atoms with Crippen LogP contribution in [0, 0.1) is 17.8 Å². The van der Waals surface area contributed by atoms with Gasteiger partial charge in [-0.2, -0.15) is 0 Å². The molecule has 4 nitrogen and oxygen atoms in total. The van der Waals surface area contributed by atoms with Crippen molar-refractivity contribution in [1.29, 1.82) is 0 Å². The van der Waals surface area contributed by atoms with Crippen LogP contribution in [0.4, 0.5) is 0 Å². The Balaban J connectivity index is 1.37. The highest BCUT2D eigenvalue weighted by Crippen LogP contribution is 2.50. The van der Waals surface area contributed by atoms with E-state index in [0.29, 0.717) is 35.5 Å². The largest absolute Gasteiger partial charge is 0.489 e. The third-order valence-electron chi connectivity index (χ3n) is 5.96. The molecule has 6 heteroatoms. The molecule has 3 unspecified atom stereocenters. The highest BCUT2D eigenvalue weighted by Gasteiger charge is 2.29. The van der Waals surface area contributed by atoms with E-state index in [2.05, 4.69) is 25.2 Å². The lowest BCUT2D eigenvalue weighted by Gasteiger charge is -2.30. The Morgan fingerprint density at radius 1 is 1.18 bits per heavy atom. The summed E-state index contributed by atoms with van der Waals surface area (Å²) in [6, 6.07) is 5.12. The molecule has 0 aromatic heterocycles. The van der Waals surface area contributed by atoms with Crippen LogP contribution in [-0.2, 0) is 4.52 Å². The van der Waals surface area contributed by atoms with Gasteiger partial charge in [0.25, 0.3) is 0 Å². The van der Waals surface area contributed by atoms with Crippen molar-refractivity contribution in [2.24, 2.45) is 17.8 Å². The van der Waals surface area contributed by atoms with Gasteiger partial charge in [0.15, 0.2) is 0 Å². The number of carbonyl (C=O) groups excluding carboxylic acids is 1. The van der Waals surface area contributed by atoms with Gasteiger partial charge in [0.2, 0.25) is 0 Å². The van der Waals surface area contributed by atoms with Gasteiger partial charge in [-0.15, -0.1) is 0 Å². The maximum atomic E-state index is 11.8. The molecule has 2 aliphatic carbocycles. The van der Waals surface area contributed by atoms with Crippen LogP contribution in [-0.4, -0.2) is 12.6 Å². The third kappa shape index (κ3) is 4.55. The van der Waals surface area contributed by atoms with E-state index < -0.39 is 13.7 Å². The number of hydrogen-bond acceptors (Lipinski definition) is 4. The number of ether oxygens (including phenoxy) is 1. The quantitative estimate of drug-likeness (QED) is 0.397. The highest BCUT2D eigenvalue weighted by molar-refractivity contribution is 7.76. The summed E-state index contributed by atoms with van der Waals surface area (Å²) < 4.78 is 16.3. The number of rotatable bonds is 4. The van der Waals surface area contributed by atoms with Gasteiger partial charge in [0, 0.05) is 6.07 Å². The number of hydrogen-bond donors (Lipinski definition) is 0. The molecule has 1 aromatic rings. The van der Waals surface area contributed by atoms with Crippen molar-refractivity contribution < 1.29 is 18.6 Å². The summed E-state index contributed by atoms with van der Waals surface area (Å²) in [5.41, 5.74) is 1.57. The number of fused-ring (bicyclic) bond motifs is 1. The smallest absolute Gasteiger partial charge is 0.403 e. The van der Waals surface area contributed by atoms with Crippen molar-refractivity contribution in [2.75, 3.05) is 6.61 Å². The van der Waals surface area contributed by atoms with Crippen molar-refractivity contribution in [3.8, 4) is 11.5 Å². The Kier molecular flexibility index (Phi) is 6.28. The third-order valence-corrected chi connectivity index (χ3v) is 7.03. The van der Waals surface area contributed by atoms with Crippen LogP contribution in [0.3, 0.4) is 0 Å². The van der Waals surface area contributed by atoms with E-state index in [9.17, 15) is 4.79 Å². The normalized spacial score (nSPS) is 27.9. The van der Waals surface area contributed by atoms with Gasteiger partial charge < -0.3 is 13.8 Å². The molecule has 3 atom stereocenters. The number of allylic oxidation sites excluding steroid dienone is 2. The van der Waals surface area contributed by atoms with E-state index in [1.54, 1.807) is 18.2 Å². The first kappa shape index (κ1) is 19.8. The predicted molar refractivity (Wildman–Crippen MR) is 112 cm³/mol. The molecule has 150 valence electrons. The zero-order valence-electron chi connectivity index (χ0n) is 16.1. The van der Waals surface area contributed by atoms with Crippen molar-refractivity contribution in [2.45, 2.75) is 45.4 Å². The minimum atomic E-state index is -1.73. The van der Waals surface area contributed by atoms with Gasteiger partial charge in [-0.25, -0.2) is 4.79 Å². The van der Waals surface area contributed by atoms with Crippen LogP contribution in [0.25, 0.3) is 0 Å². The molecule has 4 rings (SSSR count). The number of carbonyl (C=O) groups is 1. The highest BCUT2D eigenvalue weighted by atomic mass is 35.7. The molecule has 28 heavy (non-hydrogen) atoms. The summed E-state index contributed by atoms with van der Waals surface area (Å²) in [5.74, 6) is 2.62. The van der Waals surface area contributed by atoms with Gasteiger partial charge in [-0.05, 0) is 59.5 Å². The fraction of sp³-hybridized carbons (Fsp3) is 0.500. The van der Waals surface area contributed by atoms with Crippen LogP contribution in [0.5, 0.6) is 11.5 Å². The lowest BCUT2D eigenvalue weighted by Crippen LogP contribution is -2.21. The molecule has 0 N–H and O–H groups in total. The monoisotopic (exact) mass is 420 g/mol. The molecule has 0 saturated heterocycles. The zero-order chi connectivity index (χ0) is 19.5. The summed E-state index contributed by atoms with van der Waals surface area (Å²) in [5, 5.41) is 0. The first-order valence-electron chi connectivity index (χ1n) is 10.1. The number of benzene rings is 1. The van der Waals surface area contributed by atoms with Gasteiger partial charge in [0.05, 0.1) is 0 Å². The Morgan fingerprint density at radius 3 is 2.71 bits per heavy atom. The average molecular weight is 421 g/mol. The van der Waals surface area contributed by atoms with Crippen LogP contribution in [0.15, 0.2) is 42.0 Å². The fourth-order valence-corrected chi connectivity index (χ4v) is 5.49. The molecule has 0 bridgehead atoms. The van der Waals surface area contributed by atoms with Crippen LogP contribution >= 0.6 is 19.0 Å². The summed E-state index contributed by atoms with van der Waals surface area (Å²) in [7, 11) is -1.73. The Hall–Kier alpha value is -1.51. The fourth-order valence-electron chi connectivity index (χ4n) is 4.51. The van der Waals surface area contributed by atoms with Crippen molar-refractivity contribution in [1.82, 2.24) is 0 Å². The Morgan fingerprint density at radius 2 is 1.96 bits per heavy atom. The molecule has 0 spiro atoms. The Labute approximate surface area is 172 Å². The average Bonchev–Trinajstić information content (AvgIpc) is 2.95.